The Kier molecular flexibility index (Phi) is 4.65. The lowest BCUT2D eigenvalue weighted by atomic mass is 9.95. The maximum atomic E-state index is 6.31. The highest BCUT2D eigenvalue weighted by molar-refractivity contribution is 9.10. The molecule has 5 heteroatoms. The number of fused-ring (bicyclic) bond motifs is 3. The summed E-state index contributed by atoms with van der Waals surface area (Å²) in [7, 11) is 1.69. The van der Waals surface area contributed by atoms with E-state index >= 15 is 0 Å². The van der Waals surface area contributed by atoms with Crippen molar-refractivity contribution >= 4 is 21.6 Å². The quantitative estimate of drug-likeness (QED) is 0.673. The highest BCUT2D eigenvalue weighted by Gasteiger charge is 2.40. The smallest absolute Gasteiger partial charge is 0.188 e. The van der Waals surface area contributed by atoms with Crippen LogP contribution in [0.4, 0.5) is 0 Å². The molecule has 0 aromatic heterocycles. The first kappa shape index (κ1) is 17.4. The zero-order valence-electron chi connectivity index (χ0n) is 15.3. The molecule has 0 bridgehead atoms. The van der Waals surface area contributed by atoms with E-state index in [0.29, 0.717) is 5.92 Å². The fraction of sp³-hybridized carbons (Fsp3) is 0.381. The van der Waals surface area contributed by atoms with Gasteiger partial charge in [0.15, 0.2) is 6.23 Å². The van der Waals surface area contributed by atoms with Gasteiger partial charge in [-0.3, -0.25) is 5.01 Å². The molecule has 2 aromatic rings. The van der Waals surface area contributed by atoms with E-state index in [-0.39, 0.29) is 12.3 Å². The zero-order valence-corrected chi connectivity index (χ0v) is 16.9. The molecule has 136 valence electrons. The summed E-state index contributed by atoms with van der Waals surface area (Å²) in [5, 5.41) is 7.13. The van der Waals surface area contributed by atoms with Gasteiger partial charge in [0.05, 0.1) is 18.9 Å². The number of hydrogen-bond donors (Lipinski definition) is 0. The van der Waals surface area contributed by atoms with Crippen LogP contribution >= 0.6 is 15.9 Å². The lowest BCUT2D eigenvalue weighted by molar-refractivity contribution is -0.0291. The average molecular weight is 415 g/mol. The van der Waals surface area contributed by atoms with Crippen molar-refractivity contribution < 1.29 is 9.47 Å². The van der Waals surface area contributed by atoms with Crippen LogP contribution in [0, 0.1) is 5.92 Å². The first-order valence-electron chi connectivity index (χ1n) is 9.01. The SMILES string of the molecule is COc1ccc(C2=NN3[C@H](CC(C)C)Oc4ccc(Br)cc4[C@@H]3C2)cc1. The Hall–Kier alpha value is -2.01. The summed E-state index contributed by atoms with van der Waals surface area (Å²) in [6.07, 6.45) is 1.81. The lowest BCUT2D eigenvalue weighted by Crippen LogP contribution is -2.41. The summed E-state index contributed by atoms with van der Waals surface area (Å²) in [5.41, 5.74) is 3.44. The van der Waals surface area contributed by atoms with E-state index < -0.39 is 0 Å². The average Bonchev–Trinajstić information content (AvgIpc) is 3.08. The van der Waals surface area contributed by atoms with E-state index in [1.807, 2.05) is 18.2 Å². The number of halogens is 1. The van der Waals surface area contributed by atoms with Gasteiger partial charge >= 0.3 is 0 Å². The molecule has 4 rings (SSSR count). The number of hydrazone groups is 1. The summed E-state index contributed by atoms with van der Waals surface area (Å²) in [5.74, 6) is 2.38. The van der Waals surface area contributed by atoms with E-state index in [4.69, 9.17) is 14.6 Å². The molecule has 0 aliphatic carbocycles. The minimum Gasteiger partial charge on any atom is -0.497 e. The fourth-order valence-electron chi connectivity index (χ4n) is 3.65. The van der Waals surface area contributed by atoms with Crippen molar-refractivity contribution in [1.29, 1.82) is 0 Å². The Morgan fingerprint density at radius 1 is 1.23 bits per heavy atom. The third-order valence-corrected chi connectivity index (χ3v) is 5.42. The van der Waals surface area contributed by atoms with E-state index in [0.717, 1.165) is 40.1 Å². The van der Waals surface area contributed by atoms with Crippen molar-refractivity contribution in [2.75, 3.05) is 7.11 Å². The monoisotopic (exact) mass is 414 g/mol. The van der Waals surface area contributed by atoms with Crippen LogP contribution in [0.3, 0.4) is 0 Å². The van der Waals surface area contributed by atoms with Crippen molar-refractivity contribution in [2.24, 2.45) is 11.0 Å². The van der Waals surface area contributed by atoms with Gasteiger partial charge in [-0.05, 0) is 53.9 Å². The topological polar surface area (TPSA) is 34.1 Å². The van der Waals surface area contributed by atoms with Gasteiger partial charge in [-0.25, -0.2) is 0 Å². The van der Waals surface area contributed by atoms with Crippen LogP contribution in [0.5, 0.6) is 11.5 Å². The summed E-state index contributed by atoms with van der Waals surface area (Å²) in [6.45, 7) is 4.44. The molecule has 2 aliphatic rings. The van der Waals surface area contributed by atoms with Crippen LogP contribution in [0.15, 0.2) is 52.0 Å². The molecule has 4 nitrogen and oxygen atoms in total. The molecule has 0 fully saturated rings. The molecule has 0 saturated carbocycles. The number of methoxy groups -OCH3 is 1. The van der Waals surface area contributed by atoms with Gasteiger partial charge in [0.25, 0.3) is 0 Å². The van der Waals surface area contributed by atoms with Gasteiger partial charge in [0.1, 0.15) is 11.5 Å². The minimum atomic E-state index is -0.0237. The molecule has 2 atom stereocenters. The lowest BCUT2D eigenvalue weighted by Gasteiger charge is -2.38. The van der Waals surface area contributed by atoms with E-state index in [1.165, 1.54) is 5.56 Å². The molecule has 2 aliphatic heterocycles. The third-order valence-electron chi connectivity index (χ3n) is 4.93. The predicted molar refractivity (Wildman–Crippen MR) is 107 cm³/mol. The van der Waals surface area contributed by atoms with Crippen molar-refractivity contribution in [3.63, 3.8) is 0 Å². The van der Waals surface area contributed by atoms with Crippen LogP contribution in [0.2, 0.25) is 0 Å². The number of benzene rings is 2. The van der Waals surface area contributed by atoms with Crippen LogP contribution < -0.4 is 9.47 Å². The van der Waals surface area contributed by atoms with Crippen molar-refractivity contribution in [2.45, 2.75) is 39.0 Å². The van der Waals surface area contributed by atoms with E-state index in [9.17, 15) is 0 Å². The minimum absolute atomic E-state index is 0.0237. The molecule has 0 spiro atoms. The van der Waals surface area contributed by atoms with E-state index in [1.54, 1.807) is 7.11 Å². The molecule has 2 heterocycles. The zero-order chi connectivity index (χ0) is 18.3. The summed E-state index contributed by atoms with van der Waals surface area (Å²) >= 11 is 3.59. The van der Waals surface area contributed by atoms with Gasteiger partial charge < -0.3 is 9.47 Å². The molecule has 26 heavy (non-hydrogen) atoms. The second kappa shape index (κ2) is 6.95. The van der Waals surface area contributed by atoms with Crippen LogP contribution in [-0.2, 0) is 0 Å². The Balaban J connectivity index is 1.70. The fourth-order valence-corrected chi connectivity index (χ4v) is 4.03. The van der Waals surface area contributed by atoms with Crippen LogP contribution in [0.1, 0.15) is 43.9 Å². The maximum Gasteiger partial charge on any atom is 0.188 e. The molecule has 2 aromatic carbocycles. The molecule has 0 N–H and O–H groups in total. The van der Waals surface area contributed by atoms with Gasteiger partial charge in [-0.15, -0.1) is 0 Å². The van der Waals surface area contributed by atoms with Gasteiger partial charge in [-0.2, -0.15) is 5.10 Å². The number of ether oxygens (including phenoxy) is 2. The number of hydrogen-bond acceptors (Lipinski definition) is 4. The van der Waals surface area contributed by atoms with E-state index in [2.05, 4.69) is 59.1 Å². The number of nitrogens with zero attached hydrogens (tertiary/aromatic N) is 2. The molecular formula is C21H23BrN2O2. The Morgan fingerprint density at radius 3 is 2.69 bits per heavy atom. The van der Waals surface area contributed by atoms with Gasteiger partial charge in [0, 0.05) is 22.9 Å². The Labute approximate surface area is 162 Å². The molecule has 0 unspecified atom stereocenters. The second-order valence-electron chi connectivity index (χ2n) is 7.26. The normalized spacial score (nSPS) is 21.1. The summed E-state index contributed by atoms with van der Waals surface area (Å²) in [4.78, 5) is 0. The van der Waals surface area contributed by atoms with Crippen LogP contribution in [-0.4, -0.2) is 24.1 Å². The predicted octanol–water partition coefficient (Wildman–Crippen LogP) is 5.37. The van der Waals surface area contributed by atoms with Gasteiger partial charge in [-0.1, -0.05) is 29.8 Å². The first-order valence-corrected chi connectivity index (χ1v) is 9.81. The summed E-state index contributed by atoms with van der Waals surface area (Å²) in [6, 6.07) is 14.6. The largest absolute Gasteiger partial charge is 0.497 e. The summed E-state index contributed by atoms with van der Waals surface area (Å²) < 4.78 is 12.7. The molecule has 0 radical (unpaired) electrons. The molecule has 0 saturated heterocycles. The number of rotatable bonds is 4. The standard InChI is InChI=1S/C21H23BrN2O2/c1-13(2)10-21-24-19(17-11-15(22)6-9-20(17)26-21)12-18(23-24)14-4-7-16(25-3)8-5-14/h4-9,11,13,19,21H,10,12H2,1-3H3/t19-,21-/m0/s1. The van der Waals surface area contributed by atoms with Crippen molar-refractivity contribution in [1.82, 2.24) is 5.01 Å². The van der Waals surface area contributed by atoms with Crippen molar-refractivity contribution in [3.05, 3.63) is 58.1 Å². The Morgan fingerprint density at radius 2 is 2.00 bits per heavy atom. The maximum absolute atomic E-state index is 6.31. The van der Waals surface area contributed by atoms with Crippen molar-refractivity contribution in [3.8, 4) is 11.5 Å². The van der Waals surface area contributed by atoms with Crippen LogP contribution in [0.25, 0.3) is 0 Å². The van der Waals surface area contributed by atoms with Gasteiger partial charge in [0.2, 0.25) is 0 Å². The molecular weight excluding hydrogens is 392 g/mol. The third kappa shape index (κ3) is 3.20. The molecule has 0 amide bonds. The second-order valence-corrected chi connectivity index (χ2v) is 8.18. The highest BCUT2D eigenvalue weighted by atomic mass is 79.9. The highest BCUT2D eigenvalue weighted by Crippen LogP contribution is 2.45. The first-order chi connectivity index (χ1) is 12.5. The Bertz CT molecular complexity index is 832.